The Bertz CT molecular complexity index is 478. The Morgan fingerprint density at radius 2 is 2.32 bits per heavy atom. The number of hydrogen-bond donors (Lipinski definition) is 4. The average Bonchev–Trinajstić information content (AvgIpc) is 2.41. The molecule has 1 aromatic rings. The van der Waals surface area contributed by atoms with Gasteiger partial charge in [-0.15, -0.1) is 0 Å². The van der Waals surface area contributed by atoms with Crippen LogP contribution < -0.4 is 21.1 Å². The molecule has 0 radical (unpaired) electrons. The summed E-state index contributed by atoms with van der Waals surface area (Å²) in [6, 6.07) is 4.89. The standard InChI is InChI=1S/C13H19N3O3/c1-7-13(18)16-10-5-8(3-4-11(10)19-7)12(15-2)9(14)6-17/h3-5,7,9,12,15,17H,6,14H2,1-2H3,(H,16,18). The monoisotopic (exact) mass is 265 g/mol. The number of nitrogens with one attached hydrogen (secondary N) is 2. The summed E-state index contributed by atoms with van der Waals surface area (Å²) in [5, 5.41) is 15.0. The molecule has 1 aliphatic rings. The van der Waals surface area contributed by atoms with Crippen LogP contribution in [0.4, 0.5) is 5.69 Å². The van der Waals surface area contributed by atoms with Gasteiger partial charge in [0.2, 0.25) is 0 Å². The Hall–Kier alpha value is -1.63. The zero-order valence-electron chi connectivity index (χ0n) is 11.0. The topological polar surface area (TPSA) is 96.6 Å². The minimum absolute atomic E-state index is 0.123. The van der Waals surface area contributed by atoms with Crippen molar-refractivity contribution >= 4 is 11.6 Å². The number of carbonyl (C=O) groups excluding carboxylic acids is 1. The molecule has 2 rings (SSSR count). The van der Waals surface area contributed by atoms with E-state index >= 15 is 0 Å². The van der Waals surface area contributed by atoms with Crippen molar-refractivity contribution in [1.29, 1.82) is 0 Å². The summed E-state index contributed by atoms with van der Waals surface area (Å²) < 4.78 is 5.49. The van der Waals surface area contributed by atoms with Crippen LogP contribution in [0.5, 0.6) is 5.75 Å². The van der Waals surface area contributed by atoms with E-state index in [2.05, 4.69) is 10.6 Å². The molecule has 6 heteroatoms. The number of rotatable bonds is 4. The Morgan fingerprint density at radius 1 is 1.58 bits per heavy atom. The van der Waals surface area contributed by atoms with E-state index in [1.54, 1.807) is 20.0 Å². The van der Waals surface area contributed by atoms with Crippen LogP contribution in [0.1, 0.15) is 18.5 Å². The normalized spacial score (nSPS) is 21.1. The van der Waals surface area contributed by atoms with Crippen molar-refractivity contribution in [3.63, 3.8) is 0 Å². The minimum atomic E-state index is -0.488. The highest BCUT2D eigenvalue weighted by molar-refractivity contribution is 5.97. The number of hydrogen-bond acceptors (Lipinski definition) is 5. The number of benzene rings is 1. The van der Waals surface area contributed by atoms with Crippen molar-refractivity contribution in [2.45, 2.75) is 25.1 Å². The molecular weight excluding hydrogens is 246 g/mol. The first-order chi connectivity index (χ1) is 9.06. The highest BCUT2D eigenvalue weighted by Crippen LogP contribution is 2.32. The number of aliphatic hydroxyl groups is 1. The Morgan fingerprint density at radius 3 is 2.95 bits per heavy atom. The molecule has 0 fully saturated rings. The number of ether oxygens (including phenoxy) is 1. The predicted molar refractivity (Wildman–Crippen MR) is 72.0 cm³/mol. The predicted octanol–water partition coefficient (Wildman–Crippen LogP) is -0.0139. The van der Waals surface area contributed by atoms with Crippen LogP contribution in [0.15, 0.2) is 18.2 Å². The molecule has 0 saturated heterocycles. The largest absolute Gasteiger partial charge is 0.479 e. The molecular formula is C13H19N3O3. The maximum atomic E-state index is 11.6. The third-order valence-corrected chi connectivity index (χ3v) is 3.24. The lowest BCUT2D eigenvalue weighted by Gasteiger charge is -2.27. The van der Waals surface area contributed by atoms with E-state index in [0.29, 0.717) is 11.4 Å². The number of carbonyl (C=O) groups is 1. The zero-order chi connectivity index (χ0) is 14.0. The third-order valence-electron chi connectivity index (χ3n) is 3.24. The van der Waals surface area contributed by atoms with Crippen LogP contribution in [0.25, 0.3) is 0 Å². The van der Waals surface area contributed by atoms with Gasteiger partial charge < -0.3 is 26.2 Å². The first-order valence-electron chi connectivity index (χ1n) is 6.22. The van der Waals surface area contributed by atoms with Crippen molar-refractivity contribution in [3.05, 3.63) is 23.8 Å². The zero-order valence-corrected chi connectivity index (χ0v) is 11.0. The van der Waals surface area contributed by atoms with E-state index in [-0.39, 0.29) is 18.6 Å². The molecule has 5 N–H and O–H groups in total. The van der Waals surface area contributed by atoms with Crippen molar-refractivity contribution in [3.8, 4) is 5.75 Å². The van der Waals surface area contributed by atoms with Crippen LogP contribution in [0.3, 0.4) is 0 Å². The lowest BCUT2D eigenvalue weighted by atomic mass is 9.99. The van der Waals surface area contributed by atoms with E-state index in [0.717, 1.165) is 5.56 Å². The Kier molecular flexibility index (Phi) is 4.04. The van der Waals surface area contributed by atoms with Crippen LogP contribution in [0.2, 0.25) is 0 Å². The van der Waals surface area contributed by atoms with Crippen molar-refractivity contribution in [2.75, 3.05) is 19.0 Å². The van der Waals surface area contributed by atoms with Gasteiger partial charge in [-0.1, -0.05) is 6.07 Å². The van der Waals surface area contributed by atoms with E-state index in [9.17, 15) is 4.79 Å². The molecule has 0 bridgehead atoms. The number of nitrogens with two attached hydrogens (primary N) is 1. The summed E-state index contributed by atoms with van der Waals surface area (Å²) in [6.45, 7) is 1.58. The number of anilines is 1. The summed E-state index contributed by atoms with van der Waals surface area (Å²) in [5.41, 5.74) is 7.37. The maximum Gasteiger partial charge on any atom is 0.265 e. The van der Waals surface area contributed by atoms with E-state index in [1.807, 2.05) is 12.1 Å². The van der Waals surface area contributed by atoms with Gasteiger partial charge in [0.1, 0.15) is 5.75 Å². The summed E-state index contributed by atoms with van der Waals surface area (Å²) in [6.07, 6.45) is -0.488. The Labute approximate surface area is 111 Å². The van der Waals surface area contributed by atoms with E-state index in [4.69, 9.17) is 15.6 Å². The Balaban J connectivity index is 2.30. The third kappa shape index (κ3) is 2.70. The molecule has 1 amide bonds. The lowest BCUT2D eigenvalue weighted by Crippen LogP contribution is -2.39. The molecule has 0 aliphatic carbocycles. The number of aliphatic hydroxyl groups excluding tert-OH is 1. The molecule has 6 nitrogen and oxygen atoms in total. The molecule has 1 aromatic carbocycles. The number of likely N-dealkylation sites (N-methyl/N-ethyl adjacent to an activating group) is 1. The fraction of sp³-hybridized carbons (Fsp3) is 0.462. The van der Waals surface area contributed by atoms with Crippen molar-refractivity contribution < 1.29 is 14.6 Å². The number of amides is 1. The van der Waals surface area contributed by atoms with Gasteiger partial charge in [0.15, 0.2) is 6.10 Å². The summed E-state index contributed by atoms with van der Waals surface area (Å²) in [7, 11) is 1.77. The van der Waals surface area contributed by atoms with Gasteiger partial charge in [0.05, 0.1) is 12.3 Å². The fourth-order valence-corrected chi connectivity index (χ4v) is 2.15. The van der Waals surface area contributed by atoms with Crippen LogP contribution >= 0.6 is 0 Å². The second-order valence-electron chi connectivity index (χ2n) is 4.62. The van der Waals surface area contributed by atoms with Crippen molar-refractivity contribution in [1.82, 2.24) is 5.32 Å². The molecule has 0 saturated carbocycles. The van der Waals surface area contributed by atoms with Crippen LogP contribution in [-0.4, -0.2) is 36.8 Å². The van der Waals surface area contributed by atoms with Crippen LogP contribution in [-0.2, 0) is 4.79 Å². The van der Waals surface area contributed by atoms with E-state index in [1.165, 1.54) is 0 Å². The van der Waals surface area contributed by atoms with Gasteiger partial charge in [0.25, 0.3) is 5.91 Å². The second-order valence-corrected chi connectivity index (χ2v) is 4.62. The highest BCUT2D eigenvalue weighted by atomic mass is 16.5. The van der Waals surface area contributed by atoms with Gasteiger partial charge in [0, 0.05) is 12.1 Å². The summed E-state index contributed by atoms with van der Waals surface area (Å²) >= 11 is 0. The molecule has 104 valence electrons. The van der Waals surface area contributed by atoms with Crippen molar-refractivity contribution in [2.24, 2.45) is 5.73 Å². The molecule has 3 atom stereocenters. The van der Waals surface area contributed by atoms with Gasteiger partial charge in [-0.05, 0) is 31.7 Å². The SMILES string of the molecule is CNC(c1ccc2c(c1)NC(=O)C(C)O2)C(N)CO. The molecule has 1 aliphatic heterocycles. The average molecular weight is 265 g/mol. The maximum absolute atomic E-state index is 11.6. The smallest absolute Gasteiger partial charge is 0.265 e. The summed E-state index contributed by atoms with van der Waals surface area (Å²) in [5.74, 6) is 0.473. The lowest BCUT2D eigenvalue weighted by molar-refractivity contribution is -0.122. The molecule has 0 aromatic heterocycles. The molecule has 3 unspecified atom stereocenters. The fourth-order valence-electron chi connectivity index (χ4n) is 2.15. The first-order valence-corrected chi connectivity index (χ1v) is 6.22. The quantitative estimate of drug-likeness (QED) is 0.614. The summed E-state index contributed by atoms with van der Waals surface area (Å²) in [4.78, 5) is 11.6. The van der Waals surface area contributed by atoms with Gasteiger partial charge >= 0.3 is 0 Å². The number of fused-ring (bicyclic) bond motifs is 1. The first kappa shape index (κ1) is 13.8. The van der Waals surface area contributed by atoms with Gasteiger partial charge in [-0.2, -0.15) is 0 Å². The molecule has 19 heavy (non-hydrogen) atoms. The van der Waals surface area contributed by atoms with Gasteiger partial charge in [-0.25, -0.2) is 0 Å². The second kappa shape index (κ2) is 5.56. The van der Waals surface area contributed by atoms with E-state index < -0.39 is 12.1 Å². The minimum Gasteiger partial charge on any atom is -0.479 e. The molecule has 1 heterocycles. The van der Waals surface area contributed by atoms with Gasteiger partial charge in [-0.3, -0.25) is 4.79 Å². The molecule has 0 spiro atoms. The van der Waals surface area contributed by atoms with Crippen LogP contribution in [0, 0.1) is 0 Å². The highest BCUT2D eigenvalue weighted by Gasteiger charge is 2.25.